The summed E-state index contributed by atoms with van der Waals surface area (Å²) in [6.45, 7) is 0.552. The smallest absolute Gasteiger partial charge is 0.120 e. The van der Waals surface area contributed by atoms with Crippen LogP contribution in [0.5, 0.6) is 11.5 Å². The van der Waals surface area contributed by atoms with E-state index in [9.17, 15) is 9.90 Å². The van der Waals surface area contributed by atoms with Crippen LogP contribution in [-0.4, -0.2) is 18.0 Å². The summed E-state index contributed by atoms with van der Waals surface area (Å²) >= 11 is 0. The third kappa shape index (κ3) is 4.34. The Bertz CT molecular complexity index is 947. The number of rotatable bonds is 7. The molecule has 0 bridgehead atoms. The van der Waals surface area contributed by atoms with Crippen LogP contribution in [0.4, 0.5) is 0 Å². The van der Waals surface area contributed by atoms with Gasteiger partial charge in [-0.3, -0.25) is 0 Å². The predicted molar refractivity (Wildman–Crippen MR) is 115 cm³/mol. The van der Waals surface area contributed by atoms with Gasteiger partial charge in [0, 0.05) is 12.3 Å². The van der Waals surface area contributed by atoms with Crippen molar-refractivity contribution in [3.63, 3.8) is 0 Å². The summed E-state index contributed by atoms with van der Waals surface area (Å²) < 4.78 is 5.76. The zero-order valence-corrected chi connectivity index (χ0v) is 16.5. The van der Waals surface area contributed by atoms with Crippen LogP contribution in [0.1, 0.15) is 53.4 Å². The third-order valence-corrected chi connectivity index (χ3v) is 5.79. The van der Waals surface area contributed by atoms with Crippen LogP contribution in [0.2, 0.25) is 0 Å². The molecule has 0 spiro atoms. The Morgan fingerprint density at radius 2 is 1.76 bits per heavy atom. The van der Waals surface area contributed by atoms with Crippen molar-refractivity contribution in [3.8, 4) is 11.5 Å². The zero-order chi connectivity index (χ0) is 20.1. The van der Waals surface area contributed by atoms with Crippen LogP contribution in [0.15, 0.2) is 72.8 Å². The van der Waals surface area contributed by atoms with Crippen LogP contribution in [0.25, 0.3) is 0 Å². The van der Waals surface area contributed by atoms with Gasteiger partial charge in [-0.25, -0.2) is 0 Å². The van der Waals surface area contributed by atoms with Crippen molar-refractivity contribution in [2.75, 3.05) is 6.61 Å². The van der Waals surface area contributed by atoms with Gasteiger partial charge in [0.2, 0.25) is 0 Å². The van der Waals surface area contributed by atoms with E-state index in [1.165, 1.54) is 22.3 Å². The molecule has 3 aromatic rings. The lowest BCUT2D eigenvalue weighted by Crippen LogP contribution is -2.20. The van der Waals surface area contributed by atoms with Crippen molar-refractivity contribution in [2.24, 2.45) is 0 Å². The summed E-state index contributed by atoms with van der Waals surface area (Å²) in [5.74, 6) is 1.80. The summed E-state index contributed by atoms with van der Waals surface area (Å²) in [7, 11) is 0. The first kappa shape index (κ1) is 19.3. The molecule has 1 aliphatic rings. The molecule has 0 aromatic heterocycles. The van der Waals surface area contributed by atoms with Crippen molar-refractivity contribution in [1.82, 2.24) is 0 Å². The van der Waals surface area contributed by atoms with Crippen molar-refractivity contribution < 1.29 is 14.6 Å². The molecular formula is C26H26O3. The monoisotopic (exact) mass is 386 g/mol. The maximum absolute atomic E-state index is 10.4. The summed E-state index contributed by atoms with van der Waals surface area (Å²) in [4.78, 5) is 10.4. The number of phenolic OH excluding ortho intramolecular Hbond substituents is 1. The molecule has 0 amide bonds. The summed E-state index contributed by atoms with van der Waals surface area (Å²) in [5.41, 5.74) is 5.13. The third-order valence-electron chi connectivity index (χ3n) is 5.79. The SMILES string of the molecule is O=CCCCOc1ccc([C@@H]2c3ccc(O)cc3CCC2c2ccccc2)cc1. The Morgan fingerprint density at radius 1 is 0.966 bits per heavy atom. The summed E-state index contributed by atoms with van der Waals surface area (Å²) in [5, 5.41) is 9.95. The van der Waals surface area contributed by atoms with Gasteiger partial charge in [0.25, 0.3) is 0 Å². The lowest BCUT2D eigenvalue weighted by Gasteiger charge is -2.34. The van der Waals surface area contributed by atoms with E-state index in [-0.39, 0.29) is 5.92 Å². The normalized spacial score (nSPS) is 18.1. The number of hydrogen-bond donors (Lipinski definition) is 1. The van der Waals surface area contributed by atoms with Crippen LogP contribution in [0, 0.1) is 0 Å². The highest BCUT2D eigenvalue weighted by Crippen LogP contribution is 2.47. The predicted octanol–water partition coefficient (Wildman–Crippen LogP) is 5.61. The summed E-state index contributed by atoms with van der Waals surface area (Å²) in [6.07, 6.45) is 4.21. The largest absolute Gasteiger partial charge is 0.508 e. The molecule has 1 N–H and O–H groups in total. The molecule has 3 nitrogen and oxygen atoms in total. The van der Waals surface area contributed by atoms with Crippen LogP contribution in [-0.2, 0) is 11.2 Å². The zero-order valence-electron chi connectivity index (χ0n) is 16.5. The van der Waals surface area contributed by atoms with Crippen LogP contribution >= 0.6 is 0 Å². The van der Waals surface area contributed by atoms with E-state index in [1.54, 1.807) is 6.07 Å². The maximum Gasteiger partial charge on any atom is 0.120 e. The molecule has 3 aromatic carbocycles. The standard InChI is InChI=1S/C26H26O3/c27-16-4-5-17-29-23-12-8-20(9-13-23)26-24(19-6-2-1-3-7-19)14-10-21-18-22(28)11-15-25(21)26/h1-3,6-9,11-13,15-16,18,24,26,28H,4-5,10,14,17H2/t24?,26-/m0/s1. The number of unbranched alkanes of at least 4 members (excludes halogenated alkanes) is 1. The van der Waals surface area contributed by atoms with Crippen molar-refractivity contribution in [3.05, 3.63) is 95.1 Å². The molecule has 0 saturated heterocycles. The first-order valence-electron chi connectivity index (χ1n) is 10.3. The van der Waals surface area contributed by atoms with Gasteiger partial charge in [-0.1, -0.05) is 48.5 Å². The molecule has 1 unspecified atom stereocenters. The molecule has 1 aliphatic carbocycles. The maximum atomic E-state index is 10.4. The Balaban J connectivity index is 1.65. The minimum atomic E-state index is 0.242. The van der Waals surface area contributed by atoms with E-state index in [1.807, 2.05) is 18.2 Å². The molecule has 148 valence electrons. The van der Waals surface area contributed by atoms with E-state index >= 15 is 0 Å². The van der Waals surface area contributed by atoms with E-state index < -0.39 is 0 Å². The average Bonchev–Trinajstić information content (AvgIpc) is 2.77. The molecule has 2 atom stereocenters. The van der Waals surface area contributed by atoms with E-state index in [0.29, 0.717) is 24.7 Å². The highest BCUT2D eigenvalue weighted by Gasteiger charge is 2.32. The van der Waals surface area contributed by atoms with Gasteiger partial charge in [0.05, 0.1) is 6.61 Å². The van der Waals surface area contributed by atoms with Gasteiger partial charge in [-0.2, -0.15) is 0 Å². The minimum absolute atomic E-state index is 0.242. The number of carbonyl (C=O) groups excluding carboxylic acids is 1. The fourth-order valence-electron chi connectivity index (χ4n) is 4.41. The van der Waals surface area contributed by atoms with Gasteiger partial charge in [-0.05, 0) is 71.7 Å². The molecule has 0 aliphatic heterocycles. The quantitative estimate of drug-likeness (QED) is 0.424. The molecule has 0 saturated carbocycles. The van der Waals surface area contributed by atoms with Gasteiger partial charge in [0.1, 0.15) is 17.8 Å². The summed E-state index contributed by atoms with van der Waals surface area (Å²) in [6, 6.07) is 24.8. The van der Waals surface area contributed by atoms with Crippen molar-refractivity contribution in [2.45, 2.75) is 37.5 Å². The van der Waals surface area contributed by atoms with Crippen molar-refractivity contribution >= 4 is 6.29 Å². The number of aldehydes is 1. The molecule has 0 radical (unpaired) electrons. The second kappa shape index (κ2) is 8.95. The number of ether oxygens (including phenoxy) is 1. The van der Waals surface area contributed by atoms with Gasteiger partial charge in [-0.15, -0.1) is 0 Å². The molecular weight excluding hydrogens is 360 g/mol. The molecule has 0 fully saturated rings. The Kier molecular flexibility index (Phi) is 5.95. The average molecular weight is 386 g/mol. The van der Waals surface area contributed by atoms with Crippen molar-refractivity contribution in [1.29, 1.82) is 0 Å². The Morgan fingerprint density at radius 3 is 2.52 bits per heavy atom. The van der Waals surface area contributed by atoms with Gasteiger partial charge >= 0.3 is 0 Å². The fraction of sp³-hybridized carbons (Fsp3) is 0.269. The van der Waals surface area contributed by atoms with E-state index in [4.69, 9.17) is 4.74 Å². The number of hydrogen-bond acceptors (Lipinski definition) is 3. The topological polar surface area (TPSA) is 46.5 Å². The molecule has 29 heavy (non-hydrogen) atoms. The minimum Gasteiger partial charge on any atom is -0.508 e. The lowest BCUT2D eigenvalue weighted by molar-refractivity contribution is -0.108. The second-order valence-corrected chi connectivity index (χ2v) is 7.64. The van der Waals surface area contributed by atoms with Gasteiger partial charge < -0.3 is 14.6 Å². The lowest BCUT2D eigenvalue weighted by atomic mass is 9.69. The number of carbonyl (C=O) groups is 1. The first-order chi connectivity index (χ1) is 14.3. The molecule has 3 heteroatoms. The number of fused-ring (bicyclic) bond motifs is 1. The van der Waals surface area contributed by atoms with Crippen LogP contribution < -0.4 is 4.74 Å². The van der Waals surface area contributed by atoms with E-state index in [2.05, 4.69) is 48.5 Å². The number of benzene rings is 3. The molecule has 4 rings (SSSR count). The van der Waals surface area contributed by atoms with Gasteiger partial charge in [0.15, 0.2) is 0 Å². The fourth-order valence-corrected chi connectivity index (χ4v) is 4.41. The van der Waals surface area contributed by atoms with E-state index in [0.717, 1.165) is 31.3 Å². The highest BCUT2D eigenvalue weighted by atomic mass is 16.5. The molecule has 0 heterocycles. The highest BCUT2D eigenvalue weighted by molar-refractivity contribution is 5.49. The first-order valence-corrected chi connectivity index (χ1v) is 10.3. The Labute approximate surface area is 172 Å². The van der Waals surface area contributed by atoms with Crippen LogP contribution in [0.3, 0.4) is 0 Å². The Hall–Kier alpha value is -3.07. The number of aryl methyl sites for hydroxylation is 1. The number of phenols is 1. The number of aromatic hydroxyl groups is 1. The second-order valence-electron chi connectivity index (χ2n) is 7.64.